The summed E-state index contributed by atoms with van der Waals surface area (Å²) in [6.07, 6.45) is 1.60. The first-order chi connectivity index (χ1) is 10.7. The normalized spacial score (nSPS) is 10.0. The van der Waals surface area contributed by atoms with Crippen LogP contribution in [0.3, 0.4) is 0 Å². The Morgan fingerprint density at radius 1 is 1.41 bits per heavy atom. The fraction of sp³-hybridized carbons (Fsp3) is 0.357. The van der Waals surface area contributed by atoms with Gasteiger partial charge >= 0.3 is 0 Å². The number of nitrogens with zero attached hydrogens (tertiary/aromatic N) is 2. The molecule has 0 aromatic heterocycles. The molecule has 0 unspecified atom stereocenters. The molecule has 0 spiro atoms. The Labute approximate surface area is 134 Å². The molecule has 1 rings (SSSR count). The highest BCUT2D eigenvalue weighted by Gasteiger charge is 2.04. The van der Waals surface area contributed by atoms with E-state index in [0.717, 1.165) is 5.56 Å². The summed E-state index contributed by atoms with van der Waals surface area (Å²) in [5.41, 5.74) is 3.49. The fourth-order valence-corrected chi connectivity index (χ4v) is 1.62. The van der Waals surface area contributed by atoms with Crippen LogP contribution in [0.5, 0.6) is 11.5 Å². The van der Waals surface area contributed by atoms with Crippen LogP contribution in [0.4, 0.5) is 0 Å². The first kappa shape index (κ1) is 17.7. The van der Waals surface area contributed by atoms with Crippen LogP contribution in [-0.2, 0) is 4.74 Å². The molecule has 0 saturated carbocycles. The quantitative estimate of drug-likeness (QED) is 0.320. The van der Waals surface area contributed by atoms with Crippen molar-refractivity contribution in [2.45, 2.75) is 0 Å². The van der Waals surface area contributed by atoms with Gasteiger partial charge in [0, 0.05) is 13.7 Å². The number of hydrogen-bond donors (Lipinski definition) is 2. The minimum absolute atomic E-state index is 0.0350. The first-order valence-corrected chi connectivity index (χ1v) is 6.85. The van der Waals surface area contributed by atoms with Crippen molar-refractivity contribution in [1.29, 1.82) is 5.26 Å². The Bertz CT molecular complexity index is 558. The number of benzene rings is 1. The third kappa shape index (κ3) is 6.39. The number of thiocarbonyl (C=S) groups is 1. The number of methoxy groups -OCH3 is 2. The number of hydrazone groups is 1. The van der Waals surface area contributed by atoms with E-state index in [1.807, 2.05) is 6.07 Å². The summed E-state index contributed by atoms with van der Waals surface area (Å²) < 4.78 is 15.3. The van der Waals surface area contributed by atoms with Gasteiger partial charge in [-0.15, -0.1) is 0 Å². The molecule has 1 aromatic carbocycles. The summed E-state index contributed by atoms with van der Waals surface area (Å²) in [4.78, 5) is 0. The lowest BCUT2D eigenvalue weighted by molar-refractivity contribution is 0.204. The molecule has 118 valence electrons. The second-order valence-electron chi connectivity index (χ2n) is 3.98. The molecule has 0 aliphatic rings. The van der Waals surface area contributed by atoms with E-state index in [-0.39, 0.29) is 6.61 Å². The lowest BCUT2D eigenvalue weighted by Gasteiger charge is -2.09. The van der Waals surface area contributed by atoms with Crippen molar-refractivity contribution in [2.24, 2.45) is 5.10 Å². The SMILES string of the molecule is COCCNC(=S)N/N=C\c1ccc(OCC#N)c(OC)c1. The van der Waals surface area contributed by atoms with Crippen LogP contribution < -0.4 is 20.2 Å². The van der Waals surface area contributed by atoms with Gasteiger partial charge in [-0.25, -0.2) is 0 Å². The van der Waals surface area contributed by atoms with Crippen LogP contribution in [0.25, 0.3) is 0 Å². The van der Waals surface area contributed by atoms with E-state index in [9.17, 15) is 0 Å². The maximum atomic E-state index is 8.52. The zero-order valence-corrected chi connectivity index (χ0v) is 13.3. The van der Waals surface area contributed by atoms with Crippen molar-refractivity contribution >= 4 is 23.5 Å². The van der Waals surface area contributed by atoms with Gasteiger partial charge in [-0.1, -0.05) is 0 Å². The van der Waals surface area contributed by atoms with E-state index in [1.54, 1.807) is 31.5 Å². The monoisotopic (exact) mass is 322 g/mol. The molecular weight excluding hydrogens is 304 g/mol. The minimum atomic E-state index is -0.0350. The van der Waals surface area contributed by atoms with Gasteiger partial charge in [0.15, 0.2) is 23.2 Å². The molecule has 22 heavy (non-hydrogen) atoms. The number of nitrogens with one attached hydrogen (secondary N) is 2. The van der Waals surface area contributed by atoms with Crippen molar-refractivity contribution in [2.75, 3.05) is 34.0 Å². The molecule has 7 nitrogen and oxygen atoms in total. The molecule has 0 fully saturated rings. The predicted molar refractivity (Wildman–Crippen MR) is 87.3 cm³/mol. The van der Waals surface area contributed by atoms with Crippen molar-refractivity contribution in [1.82, 2.24) is 10.7 Å². The summed E-state index contributed by atoms with van der Waals surface area (Å²) >= 11 is 5.03. The molecule has 0 aliphatic carbocycles. The van der Waals surface area contributed by atoms with E-state index < -0.39 is 0 Å². The van der Waals surface area contributed by atoms with Crippen molar-refractivity contribution < 1.29 is 14.2 Å². The van der Waals surface area contributed by atoms with Crippen LogP contribution in [0.15, 0.2) is 23.3 Å². The largest absolute Gasteiger partial charge is 0.493 e. The standard InChI is InChI=1S/C14H18N4O3S/c1-19-8-6-16-14(22)18-17-10-11-3-4-12(21-7-5-15)13(9-11)20-2/h3-4,9-10H,6-8H2,1-2H3,(H2,16,18,22)/b17-10-. The maximum absolute atomic E-state index is 8.52. The lowest BCUT2D eigenvalue weighted by Crippen LogP contribution is -2.34. The highest BCUT2D eigenvalue weighted by Crippen LogP contribution is 2.27. The molecular formula is C14H18N4O3S. The van der Waals surface area contributed by atoms with Gasteiger partial charge in [-0.2, -0.15) is 10.4 Å². The molecule has 8 heteroatoms. The van der Waals surface area contributed by atoms with Gasteiger partial charge in [0.25, 0.3) is 0 Å². The van der Waals surface area contributed by atoms with Gasteiger partial charge in [0.2, 0.25) is 0 Å². The molecule has 0 saturated heterocycles. The fourth-order valence-electron chi connectivity index (χ4n) is 1.47. The van der Waals surface area contributed by atoms with Gasteiger partial charge in [-0.3, -0.25) is 5.43 Å². The van der Waals surface area contributed by atoms with Crippen LogP contribution in [0, 0.1) is 11.3 Å². The smallest absolute Gasteiger partial charge is 0.187 e. The van der Waals surface area contributed by atoms with Crippen LogP contribution in [-0.4, -0.2) is 45.3 Å². The highest BCUT2D eigenvalue weighted by molar-refractivity contribution is 7.80. The molecule has 0 radical (unpaired) electrons. The van der Waals surface area contributed by atoms with E-state index in [4.69, 9.17) is 31.7 Å². The van der Waals surface area contributed by atoms with Crippen molar-refractivity contribution in [3.05, 3.63) is 23.8 Å². The van der Waals surface area contributed by atoms with Gasteiger partial charge in [-0.05, 0) is 36.0 Å². The third-order valence-corrected chi connectivity index (χ3v) is 2.69. The summed E-state index contributed by atoms with van der Waals surface area (Å²) in [5, 5.41) is 15.9. The molecule has 0 heterocycles. The van der Waals surface area contributed by atoms with E-state index >= 15 is 0 Å². The summed E-state index contributed by atoms with van der Waals surface area (Å²) in [7, 11) is 3.15. The Hall–Kier alpha value is -2.37. The topological polar surface area (TPSA) is 87.9 Å². The Morgan fingerprint density at radius 2 is 2.23 bits per heavy atom. The minimum Gasteiger partial charge on any atom is -0.493 e. The molecule has 0 aliphatic heterocycles. The predicted octanol–water partition coefficient (Wildman–Crippen LogP) is 1.04. The van der Waals surface area contributed by atoms with E-state index in [1.165, 1.54) is 7.11 Å². The average Bonchev–Trinajstić information content (AvgIpc) is 2.53. The number of ether oxygens (including phenoxy) is 3. The number of hydrogen-bond acceptors (Lipinski definition) is 6. The molecule has 0 atom stereocenters. The molecule has 0 amide bonds. The van der Waals surface area contributed by atoms with Crippen molar-refractivity contribution in [3.63, 3.8) is 0 Å². The summed E-state index contributed by atoms with van der Waals surface area (Å²) in [6.45, 7) is 1.14. The van der Waals surface area contributed by atoms with E-state index in [0.29, 0.717) is 29.8 Å². The highest BCUT2D eigenvalue weighted by atomic mass is 32.1. The second-order valence-corrected chi connectivity index (χ2v) is 4.38. The Kier molecular flexibility index (Phi) is 8.33. The second kappa shape index (κ2) is 10.4. The molecule has 1 aromatic rings. The summed E-state index contributed by atoms with van der Waals surface area (Å²) in [5.74, 6) is 1.03. The van der Waals surface area contributed by atoms with Crippen LogP contribution >= 0.6 is 12.2 Å². The van der Waals surface area contributed by atoms with Crippen molar-refractivity contribution in [3.8, 4) is 17.6 Å². The van der Waals surface area contributed by atoms with E-state index in [2.05, 4.69) is 15.8 Å². The number of rotatable bonds is 8. The van der Waals surface area contributed by atoms with Gasteiger partial charge < -0.3 is 19.5 Å². The third-order valence-electron chi connectivity index (χ3n) is 2.45. The summed E-state index contributed by atoms with van der Waals surface area (Å²) in [6, 6.07) is 7.16. The first-order valence-electron chi connectivity index (χ1n) is 6.45. The zero-order valence-electron chi connectivity index (χ0n) is 12.5. The number of nitriles is 1. The Balaban J connectivity index is 2.56. The van der Waals surface area contributed by atoms with Gasteiger partial charge in [0.1, 0.15) is 6.07 Å². The molecule has 2 N–H and O–H groups in total. The van der Waals surface area contributed by atoms with Crippen LogP contribution in [0.1, 0.15) is 5.56 Å². The Morgan fingerprint density at radius 3 is 2.91 bits per heavy atom. The zero-order chi connectivity index (χ0) is 16.2. The lowest BCUT2D eigenvalue weighted by atomic mass is 10.2. The average molecular weight is 322 g/mol. The molecule has 0 bridgehead atoms. The van der Waals surface area contributed by atoms with Crippen LogP contribution in [0.2, 0.25) is 0 Å². The van der Waals surface area contributed by atoms with Gasteiger partial charge in [0.05, 0.1) is 19.9 Å². The maximum Gasteiger partial charge on any atom is 0.187 e.